The van der Waals surface area contributed by atoms with Gasteiger partial charge in [0, 0.05) is 11.8 Å². The van der Waals surface area contributed by atoms with Gasteiger partial charge in [0.2, 0.25) is 0 Å². The minimum atomic E-state index is -4.43. The van der Waals surface area contributed by atoms with Crippen LogP contribution in [-0.4, -0.2) is 15.9 Å². The van der Waals surface area contributed by atoms with E-state index in [9.17, 15) is 18.0 Å². The first-order valence-electron chi connectivity index (χ1n) is 7.22. The molecule has 0 aliphatic heterocycles. The number of benzene rings is 1. The number of anilines is 1. The average Bonchev–Trinajstić information content (AvgIpc) is 2.95. The predicted octanol–water partition coefficient (Wildman–Crippen LogP) is 4.78. The molecule has 4 nitrogen and oxygen atoms in total. The van der Waals surface area contributed by atoms with Crippen molar-refractivity contribution >= 4 is 22.4 Å². The lowest BCUT2D eigenvalue weighted by Crippen LogP contribution is -2.12. The van der Waals surface area contributed by atoms with Crippen LogP contribution in [0.15, 0.2) is 48.7 Å². The zero-order valence-electron chi connectivity index (χ0n) is 13.0. The summed E-state index contributed by atoms with van der Waals surface area (Å²) in [5.74, 6) is -0.518. The number of halogens is 3. The molecule has 1 amide bonds. The second-order valence-electron chi connectivity index (χ2n) is 5.18. The van der Waals surface area contributed by atoms with Gasteiger partial charge < -0.3 is 0 Å². The van der Waals surface area contributed by atoms with Gasteiger partial charge in [-0.1, -0.05) is 17.4 Å². The Morgan fingerprint density at radius 1 is 1.12 bits per heavy atom. The van der Waals surface area contributed by atoms with Crippen molar-refractivity contribution in [3.05, 3.63) is 65.5 Å². The van der Waals surface area contributed by atoms with E-state index >= 15 is 0 Å². The number of thiazole rings is 1. The second kappa shape index (κ2) is 6.64. The number of nitrogens with one attached hydrogen (secondary N) is 1. The molecular formula is C17H12F3N3OS. The number of pyridine rings is 1. The molecule has 0 bridgehead atoms. The Morgan fingerprint density at radius 2 is 1.84 bits per heavy atom. The number of carbonyl (C=O) groups is 1. The van der Waals surface area contributed by atoms with Crippen LogP contribution in [0.2, 0.25) is 0 Å². The van der Waals surface area contributed by atoms with Crippen LogP contribution in [0.3, 0.4) is 0 Å². The fourth-order valence-corrected chi connectivity index (χ4v) is 3.10. The molecule has 0 saturated heterocycles. The predicted molar refractivity (Wildman–Crippen MR) is 89.5 cm³/mol. The van der Waals surface area contributed by atoms with Gasteiger partial charge in [0.05, 0.1) is 21.8 Å². The summed E-state index contributed by atoms with van der Waals surface area (Å²) in [6.45, 7) is 1.80. The lowest BCUT2D eigenvalue weighted by atomic mass is 10.1. The minimum absolute atomic E-state index is 0.125. The van der Waals surface area contributed by atoms with Crippen LogP contribution < -0.4 is 5.32 Å². The third kappa shape index (κ3) is 3.85. The highest BCUT2D eigenvalue weighted by atomic mass is 32.1. The smallest absolute Gasteiger partial charge is 0.298 e. The Hall–Kier alpha value is -2.74. The van der Waals surface area contributed by atoms with Crippen molar-refractivity contribution in [3.8, 4) is 10.6 Å². The van der Waals surface area contributed by atoms with Crippen molar-refractivity contribution in [2.24, 2.45) is 0 Å². The molecule has 3 aromatic rings. The number of amides is 1. The summed E-state index contributed by atoms with van der Waals surface area (Å²) in [6, 6.07) is 9.51. The van der Waals surface area contributed by atoms with E-state index in [1.807, 2.05) is 12.1 Å². The number of nitrogens with zero attached hydrogens (tertiary/aromatic N) is 2. The van der Waals surface area contributed by atoms with E-state index in [4.69, 9.17) is 0 Å². The maximum Gasteiger partial charge on any atom is 0.416 e. The number of aromatic nitrogens is 2. The Labute approximate surface area is 145 Å². The van der Waals surface area contributed by atoms with Crippen molar-refractivity contribution in [1.29, 1.82) is 0 Å². The molecule has 8 heteroatoms. The average molecular weight is 363 g/mol. The van der Waals surface area contributed by atoms with Crippen LogP contribution >= 0.6 is 11.3 Å². The number of carbonyl (C=O) groups excluding carboxylic acids is 1. The van der Waals surface area contributed by atoms with Crippen LogP contribution in [0.25, 0.3) is 10.6 Å². The van der Waals surface area contributed by atoms with E-state index in [2.05, 4.69) is 15.3 Å². The van der Waals surface area contributed by atoms with Crippen molar-refractivity contribution in [1.82, 2.24) is 9.97 Å². The highest BCUT2D eigenvalue weighted by Gasteiger charge is 2.30. The number of hydrogen-bond donors (Lipinski definition) is 1. The van der Waals surface area contributed by atoms with Crippen LogP contribution in [0.1, 0.15) is 21.6 Å². The van der Waals surface area contributed by atoms with E-state index in [1.54, 1.807) is 19.2 Å². The highest BCUT2D eigenvalue weighted by molar-refractivity contribution is 7.19. The zero-order chi connectivity index (χ0) is 18.0. The van der Waals surface area contributed by atoms with Gasteiger partial charge in [-0.3, -0.25) is 15.1 Å². The Morgan fingerprint density at radius 3 is 2.44 bits per heavy atom. The summed E-state index contributed by atoms with van der Waals surface area (Å²) in [7, 11) is 0. The molecule has 0 aliphatic rings. The number of aryl methyl sites for hydroxylation is 1. The van der Waals surface area contributed by atoms with E-state index in [1.165, 1.54) is 11.3 Å². The summed E-state index contributed by atoms with van der Waals surface area (Å²) in [6.07, 6.45) is -2.77. The lowest BCUT2D eigenvalue weighted by Gasteiger charge is -2.07. The van der Waals surface area contributed by atoms with Crippen molar-refractivity contribution < 1.29 is 18.0 Å². The molecule has 0 spiro atoms. The molecule has 0 aliphatic carbocycles. The monoisotopic (exact) mass is 363 g/mol. The summed E-state index contributed by atoms with van der Waals surface area (Å²) in [5, 5.41) is 2.97. The van der Waals surface area contributed by atoms with Gasteiger partial charge in [0.15, 0.2) is 5.13 Å². The second-order valence-corrected chi connectivity index (χ2v) is 6.18. The summed E-state index contributed by atoms with van der Waals surface area (Å²) in [4.78, 5) is 21.5. The summed E-state index contributed by atoms with van der Waals surface area (Å²) >= 11 is 1.26. The topological polar surface area (TPSA) is 54.9 Å². The number of hydrogen-bond acceptors (Lipinski definition) is 4. The fraction of sp³-hybridized carbons (Fsp3) is 0.118. The van der Waals surface area contributed by atoms with Gasteiger partial charge in [-0.05, 0) is 43.3 Å². The first-order chi connectivity index (χ1) is 11.8. The fourth-order valence-electron chi connectivity index (χ4n) is 2.16. The van der Waals surface area contributed by atoms with Gasteiger partial charge in [-0.2, -0.15) is 13.2 Å². The molecule has 0 fully saturated rings. The minimum Gasteiger partial charge on any atom is -0.298 e. The normalized spacial score (nSPS) is 11.4. The third-order valence-corrected chi connectivity index (χ3v) is 4.48. The Balaban J connectivity index is 1.78. The molecule has 3 rings (SSSR count). The molecule has 1 N–H and O–H groups in total. The molecule has 128 valence electrons. The third-order valence-electron chi connectivity index (χ3n) is 3.39. The van der Waals surface area contributed by atoms with Crippen LogP contribution in [0.4, 0.5) is 18.3 Å². The quantitative estimate of drug-likeness (QED) is 0.728. The van der Waals surface area contributed by atoms with E-state index in [-0.39, 0.29) is 5.56 Å². The lowest BCUT2D eigenvalue weighted by molar-refractivity contribution is -0.137. The molecule has 0 unspecified atom stereocenters. The number of alkyl halides is 3. The maximum atomic E-state index is 12.6. The SMILES string of the molecule is Cc1nc(NC(=O)c2ccc(C(F)(F)F)cc2)sc1-c1ccccn1. The van der Waals surface area contributed by atoms with Gasteiger partial charge in [0.25, 0.3) is 5.91 Å². The van der Waals surface area contributed by atoms with Crippen LogP contribution in [0.5, 0.6) is 0 Å². The molecule has 0 atom stereocenters. The molecule has 25 heavy (non-hydrogen) atoms. The Kier molecular flexibility index (Phi) is 4.54. The summed E-state index contributed by atoms with van der Waals surface area (Å²) < 4.78 is 37.7. The van der Waals surface area contributed by atoms with Crippen LogP contribution in [-0.2, 0) is 6.18 Å². The largest absolute Gasteiger partial charge is 0.416 e. The molecule has 2 heterocycles. The van der Waals surface area contributed by atoms with Crippen molar-refractivity contribution in [2.75, 3.05) is 5.32 Å². The van der Waals surface area contributed by atoms with Gasteiger partial charge in [-0.15, -0.1) is 0 Å². The Bertz CT molecular complexity index is 890. The molecule has 1 aromatic carbocycles. The summed E-state index contributed by atoms with van der Waals surface area (Å²) in [5.41, 5.74) is 0.783. The number of rotatable bonds is 3. The maximum absolute atomic E-state index is 12.6. The molecule has 0 saturated carbocycles. The van der Waals surface area contributed by atoms with E-state index in [0.29, 0.717) is 10.8 Å². The standard InChI is InChI=1S/C17H12F3N3OS/c1-10-14(13-4-2-3-9-21-13)25-16(22-10)23-15(24)11-5-7-12(8-6-11)17(18,19)20/h2-9H,1H3,(H,22,23,24). The van der Waals surface area contributed by atoms with Crippen molar-refractivity contribution in [2.45, 2.75) is 13.1 Å². The van der Waals surface area contributed by atoms with Gasteiger partial charge >= 0.3 is 6.18 Å². The first kappa shape index (κ1) is 17.1. The van der Waals surface area contributed by atoms with Crippen LogP contribution in [0, 0.1) is 6.92 Å². The first-order valence-corrected chi connectivity index (χ1v) is 8.03. The van der Waals surface area contributed by atoms with Crippen molar-refractivity contribution in [3.63, 3.8) is 0 Å². The molecular weight excluding hydrogens is 351 g/mol. The van der Waals surface area contributed by atoms with Gasteiger partial charge in [0.1, 0.15) is 0 Å². The highest BCUT2D eigenvalue weighted by Crippen LogP contribution is 2.32. The molecule has 0 radical (unpaired) electrons. The van der Waals surface area contributed by atoms with E-state index < -0.39 is 17.6 Å². The van der Waals surface area contributed by atoms with Gasteiger partial charge in [-0.25, -0.2) is 4.98 Å². The molecule has 2 aromatic heterocycles. The van der Waals surface area contributed by atoms with E-state index in [0.717, 1.165) is 34.8 Å². The zero-order valence-corrected chi connectivity index (χ0v) is 13.8.